The molecule has 0 saturated heterocycles. The number of rotatable bonds is 47. The van der Waals surface area contributed by atoms with Gasteiger partial charge in [0.1, 0.15) is 0 Å². The number of carbonyl (C=O) groups is 3. The van der Waals surface area contributed by atoms with Crippen LogP contribution in [0.15, 0.2) is 0 Å². The summed E-state index contributed by atoms with van der Waals surface area (Å²) in [5, 5.41) is 9.37. The molecule has 0 heterocycles. The molecule has 0 aliphatic carbocycles. The molecule has 0 aromatic rings. The fourth-order valence-corrected chi connectivity index (χ4v) is 7.40. The third kappa shape index (κ3) is 42.4. The Bertz CT molecular complexity index is 849. The highest BCUT2D eigenvalue weighted by molar-refractivity contribution is 5.70. The van der Waals surface area contributed by atoms with Crippen molar-refractivity contribution in [1.82, 2.24) is 9.80 Å². The largest absolute Gasteiger partial charge is 0.466 e. The van der Waals surface area contributed by atoms with Crippen LogP contribution < -0.4 is 0 Å². The number of ether oxygens (including phenoxy) is 3. The molecule has 0 unspecified atom stereocenters. The van der Waals surface area contributed by atoms with Gasteiger partial charge in [0, 0.05) is 26.2 Å². The van der Waals surface area contributed by atoms with Gasteiger partial charge in [0.05, 0.1) is 39.1 Å². The molecular formula is C49H96N2O7. The Morgan fingerprint density at radius 1 is 0.328 bits per heavy atom. The zero-order valence-corrected chi connectivity index (χ0v) is 38.7. The van der Waals surface area contributed by atoms with Gasteiger partial charge in [-0.05, 0) is 58.2 Å². The number of aliphatic hydroxyl groups is 1. The van der Waals surface area contributed by atoms with Crippen LogP contribution >= 0.6 is 0 Å². The Balaban J connectivity index is 4.74. The lowest BCUT2D eigenvalue weighted by molar-refractivity contribution is -0.145. The minimum atomic E-state index is -0.177. The van der Waals surface area contributed by atoms with Crippen LogP contribution in [0.4, 0.5) is 0 Å². The van der Waals surface area contributed by atoms with E-state index in [9.17, 15) is 19.5 Å². The Hall–Kier alpha value is -1.71. The number of nitrogens with zero attached hydrogens (tertiary/aromatic N) is 2. The first-order chi connectivity index (χ1) is 28.5. The first-order valence-corrected chi connectivity index (χ1v) is 25.0. The van der Waals surface area contributed by atoms with Crippen molar-refractivity contribution in [3.05, 3.63) is 0 Å². The molecule has 9 nitrogen and oxygen atoms in total. The molecule has 0 aliphatic rings. The van der Waals surface area contributed by atoms with E-state index in [1.807, 2.05) is 0 Å². The van der Waals surface area contributed by atoms with Crippen LogP contribution in [0.25, 0.3) is 0 Å². The van der Waals surface area contributed by atoms with E-state index in [2.05, 4.69) is 30.6 Å². The normalized spacial score (nSPS) is 11.5. The second-order valence-electron chi connectivity index (χ2n) is 16.9. The van der Waals surface area contributed by atoms with Gasteiger partial charge >= 0.3 is 17.9 Å². The van der Waals surface area contributed by atoms with Crippen molar-refractivity contribution >= 4 is 17.9 Å². The van der Waals surface area contributed by atoms with Gasteiger partial charge in [-0.25, -0.2) is 0 Å². The maximum Gasteiger partial charge on any atom is 0.307 e. The molecule has 0 aromatic carbocycles. The number of aliphatic hydroxyl groups excluding tert-OH is 1. The molecule has 0 amide bonds. The topological polar surface area (TPSA) is 106 Å². The first kappa shape index (κ1) is 56.3. The lowest BCUT2D eigenvalue weighted by atomic mass is 10.1. The van der Waals surface area contributed by atoms with Crippen LogP contribution in [0.1, 0.15) is 233 Å². The summed E-state index contributed by atoms with van der Waals surface area (Å²) < 4.78 is 16.7. The Morgan fingerprint density at radius 2 is 0.586 bits per heavy atom. The van der Waals surface area contributed by atoms with E-state index in [1.165, 1.54) is 135 Å². The van der Waals surface area contributed by atoms with Crippen molar-refractivity contribution in [2.75, 3.05) is 65.7 Å². The zero-order valence-electron chi connectivity index (χ0n) is 38.7. The molecular weight excluding hydrogens is 729 g/mol. The van der Waals surface area contributed by atoms with Gasteiger partial charge in [0.15, 0.2) is 0 Å². The lowest BCUT2D eigenvalue weighted by Gasteiger charge is -2.25. The van der Waals surface area contributed by atoms with Crippen molar-refractivity contribution < 1.29 is 33.7 Å². The summed E-state index contributed by atoms with van der Waals surface area (Å²) in [5.74, 6) is -0.497. The van der Waals surface area contributed by atoms with Gasteiger partial charge in [-0.15, -0.1) is 0 Å². The van der Waals surface area contributed by atoms with Crippen molar-refractivity contribution in [2.24, 2.45) is 0 Å². The van der Waals surface area contributed by atoms with Gasteiger partial charge < -0.3 is 29.1 Å². The van der Waals surface area contributed by atoms with E-state index in [0.29, 0.717) is 58.7 Å². The minimum Gasteiger partial charge on any atom is -0.466 e. The van der Waals surface area contributed by atoms with E-state index >= 15 is 0 Å². The molecule has 0 aliphatic heterocycles. The molecule has 0 rings (SSSR count). The third-order valence-corrected chi connectivity index (χ3v) is 11.3. The fourth-order valence-electron chi connectivity index (χ4n) is 7.40. The van der Waals surface area contributed by atoms with Crippen LogP contribution in [-0.2, 0) is 28.6 Å². The maximum absolute atomic E-state index is 12.7. The molecule has 0 atom stereocenters. The molecule has 58 heavy (non-hydrogen) atoms. The second kappa shape index (κ2) is 46.4. The van der Waals surface area contributed by atoms with Gasteiger partial charge in [0.25, 0.3) is 0 Å². The Morgan fingerprint density at radius 3 is 0.879 bits per heavy atom. The highest BCUT2D eigenvalue weighted by Gasteiger charge is 2.15. The molecule has 0 bridgehead atoms. The van der Waals surface area contributed by atoms with Gasteiger partial charge in [-0.1, -0.05) is 175 Å². The van der Waals surface area contributed by atoms with Crippen LogP contribution in [0.5, 0.6) is 0 Å². The standard InChI is InChI=1S/C49H96N2O7/c1-4-7-10-13-16-19-22-25-30-44-56-47(53)34-40-50(37-28-29-43-52)38-33-39-51(41-35-48(54)57-45-31-26-23-20-17-14-11-8-5-2)42-36-49(55)58-46-32-27-24-21-18-15-12-9-6-3/h52H,4-46H2,1-3H3. The molecule has 0 fully saturated rings. The quantitative estimate of drug-likeness (QED) is 0.0365. The van der Waals surface area contributed by atoms with Crippen LogP contribution in [0, 0.1) is 0 Å². The number of carbonyl (C=O) groups excluding carboxylic acids is 3. The maximum atomic E-state index is 12.7. The minimum absolute atomic E-state index is 0.143. The van der Waals surface area contributed by atoms with Gasteiger partial charge in [-0.2, -0.15) is 0 Å². The van der Waals surface area contributed by atoms with Crippen molar-refractivity contribution in [1.29, 1.82) is 0 Å². The smallest absolute Gasteiger partial charge is 0.307 e. The molecule has 0 spiro atoms. The second-order valence-corrected chi connectivity index (χ2v) is 16.9. The van der Waals surface area contributed by atoms with Gasteiger partial charge in [0.2, 0.25) is 0 Å². The van der Waals surface area contributed by atoms with E-state index in [1.54, 1.807) is 0 Å². The monoisotopic (exact) mass is 825 g/mol. The molecule has 0 radical (unpaired) electrons. The third-order valence-electron chi connectivity index (χ3n) is 11.3. The number of unbranched alkanes of at least 4 members (excludes halogenated alkanes) is 25. The van der Waals surface area contributed by atoms with Crippen LogP contribution in [-0.4, -0.2) is 98.5 Å². The summed E-state index contributed by atoms with van der Waals surface area (Å²) in [6, 6.07) is 0. The summed E-state index contributed by atoms with van der Waals surface area (Å²) in [7, 11) is 0. The summed E-state index contributed by atoms with van der Waals surface area (Å²) in [4.78, 5) is 42.4. The molecule has 1 N–H and O–H groups in total. The summed E-state index contributed by atoms with van der Waals surface area (Å²) in [6.07, 6.45) is 36.6. The first-order valence-electron chi connectivity index (χ1n) is 25.0. The van der Waals surface area contributed by atoms with E-state index < -0.39 is 0 Å². The average Bonchev–Trinajstić information content (AvgIpc) is 3.22. The molecule has 0 saturated carbocycles. The van der Waals surface area contributed by atoms with Crippen molar-refractivity contribution in [3.63, 3.8) is 0 Å². The van der Waals surface area contributed by atoms with Crippen LogP contribution in [0.2, 0.25) is 0 Å². The Kier molecular flexibility index (Phi) is 45.0. The van der Waals surface area contributed by atoms with E-state index in [-0.39, 0.29) is 24.5 Å². The Labute approximate surface area is 358 Å². The molecule has 9 heteroatoms. The average molecular weight is 825 g/mol. The fraction of sp³-hybridized carbons (Fsp3) is 0.939. The number of esters is 3. The number of hydrogen-bond donors (Lipinski definition) is 1. The lowest BCUT2D eigenvalue weighted by Crippen LogP contribution is -2.34. The molecule has 0 aromatic heterocycles. The van der Waals surface area contributed by atoms with E-state index in [0.717, 1.165) is 77.4 Å². The highest BCUT2D eigenvalue weighted by atomic mass is 16.5. The van der Waals surface area contributed by atoms with Crippen molar-refractivity contribution in [3.8, 4) is 0 Å². The number of hydrogen-bond acceptors (Lipinski definition) is 9. The molecule has 344 valence electrons. The predicted molar refractivity (Wildman–Crippen MR) is 242 cm³/mol. The zero-order chi connectivity index (χ0) is 42.4. The summed E-state index contributed by atoms with van der Waals surface area (Å²) >= 11 is 0. The predicted octanol–water partition coefficient (Wildman–Crippen LogP) is 12.1. The summed E-state index contributed by atoms with van der Waals surface area (Å²) in [5.41, 5.74) is 0. The SMILES string of the molecule is CCCCCCCCCCCOC(=O)CCN(CCCCO)CCCN(CCC(=O)OCCCCCCCCCCC)CCC(=O)OCCCCCCCCCCC. The summed E-state index contributed by atoms with van der Waals surface area (Å²) in [6.45, 7) is 12.4. The van der Waals surface area contributed by atoms with Crippen molar-refractivity contribution in [2.45, 2.75) is 233 Å². The van der Waals surface area contributed by atoms with E-state index in [4.69, 9.17) is 14.2 Å². The van der Waals surface area contributed by atoms with Crippen LogP contribution in [0.3, 0.4) is 0 Å². The highest BCUT2D eigenvalue weighted by Crippen LogP contribution is 2.13. The van der Waals surface area contributed by atoms with Gasteiger partial charge in [-0.3, -0.25) is 14.4 Å².